The van der Waals surface area contributed by atoms with Gasteiger partial charge in [-0.25, -0.2) is 0 Å². The van der Waals surface area contributed by atoms with Crippen LogP contribution in [-0.4, -0.2) is 10.9 Å². The van der Waals surface area contributed by atoms with Gasteiger partial charge in [-0.1, -0.05) is 12.1 Å². The first-order valence-corrected chi connectivity index (χ1v) is 9.87. The molecule has 0 fully saturated rings. The summed E-state index contributed by atoms with van der Waals surface area (Å²) in [6, 6.07) is 17.6. The van der Waals surface area contributed by atoms with Crippen LogP contribution in [-0.2, 0) is 5.75 Å². The molecule has 1 heterocycles. The topological polar surface area (TPSA) is 42.0 Å². The Morgan fingerprint density at radius 3 is 2.64 bits per heavy atom. The van der Waals surface area contributed by atoms with Crippen LogP contribution in [0.1, 0.15) is 21.5 Å². The molecular weight excluding hydrogens is 443 g/mol. The highest BCUT2D eigenvalue weighted by Gasteiger charge is 2.07. The molecule has 0 saturated carbocycles. The van der Waals surface area contributed by atoms with Crippen LogP contribution in [0, 0.1) is 10.5 Å². The number of carbonyl (C=O) groups excluding carboxylic acids is 1. The maximum Gasteiger partial charge on any atom is 0.255 e. The van der Waals surface area contributed by atoms with Gasteiger partial charge >= 0.3 is 0 Å². The lowest BCUT2D eigenvalue weighted by atomic mass is 10.2. The van der Waals surface area contributed by atoms with E-state index in [9.17, 15) is 4.79 Å². The first-order valence-electron chi connectivity index (χ1n) is 7.81. The fraction of sp³-hybridized carbons (Fsp3) is 0.100. The smallest absolute Gasteiger partial charge is 0.255 e. The van der Waals surface area contributed by atoms with Gasteiger partial charge in [0.15, 0.2) is 0 Å². The van der Waals surface area contributed by atoms with Crippen LogP contribution in [0.5, 0.6) is 0 Å². The molecule has 3 aromatic rings. The quantitative estimate of drug-likeness (QED) is 0.402. The molecule has 1 N–H and O–H groups in total. The highest BCUT2D eigenvalue weighted by atomic mass is 127. The Morgan fingerprint density at radius 1 is 1.16 bits per heavy atom. The van der Waals surface area contributed by atoms with E-state index in [1.807, 2.05) is 54.7 Å². The Bertz CT molecular complexity index is 867. The normalized spacial score (nSPS) is 10.5. The number of rotatable bonds is 5. The minimum absolute atomic E-state index is 0.0940. The number of nitrogens with zero attached hydrogens (tertiary/aromatic N) is 1. The van der Waals surface area contributed by atoms with E-state index in [2.05, 4.69) is 45.9 Å². The summed E-state index contributed by atoms with van der Waals surface area (Å²) in [6.07, 6.45) is 3.65. The second-order valence-corrected chi connectivity index (χ2v) is 7.80. The number of anilines is 1. The number of carbonyl (C=O) groups is 1. The van der Waals surface area contributed by atoms with Crippen molar-refractivity contribution >= 4 is 45.9 Å². The molecular formula is C20H17IN2OS. The molecule has 1 amide bonds. The van der Waals surface area contributed by atoms with Gasteiger partial charge in [0.1, 0.15) is 0 Å². The zero-order valence-corrected chi connectivity index (χ0v) is 16.7. The molecule has 0 bridgehead atoms. The van der Waals surface area contributed by atoms with Crippen molar-refractivity contribution in [1.82, 2.24) is 4.98 Å². The zero-order chi connectivity index (χ0) is 17.6. The van der Waals surface area contributed by atoms with Crippen LogP contribution < -0.4 is 5.32 Å². The van der Waals surface area contributed by atoms with E-state index in [1.54, 1.807) is 18.0 Å². The first kappa shape index (κ1) is 17.9. The minimum Gasteiger partial charge on any atom is -0.322 e. The van der Waals surface area contributed by atoms with Crippen LogP contribution in [0.4, 0.5) is 5.69 Å². The van der Waals surface area contributed by atoms with Crippen LogP contribution in [0.2, 0.25) is 0 Å². The lowest BCUT2D eigenvalue weighted by Crippen LogP contribution is -2.11. The summed E-state index contributed by atoms with van der Waals surface area (Å²) in [4.78, 5) is 17.6. The van der Waals surface area contributed by atoms with Crippen molar-refractivity contribution < 1.29 is 4.79 Å². The van der Waals surface area contributed by atoms with Crippen molar-refractivity contribution in [3.8, 4) is 0 Å². The highest BCUT2D eigenvalue weighted by molar-refractivity contribution is 14.1. The third-order valence-corrected chi connectivity index (χ3v) is 5.92. The monoisotopic (exact) mass is 460 g/mol. The van der Waals surface area contributed by atoms with Gasteiger partial charge in [0.25, 0.3) is 5.91 Å². The molecule has 2 aromatic carbocycles. The van der Waals surface area contributed by atoms with Crippen molar-refractivity contribution in [2.24, 2.45) is 0 Å². The first-order chi connectivity index (χ1) is 12.1. The van der Waals surface area contributed by atoms with E-state index < -0.39 is 0 Å². The molecule has 3 rings (SSSR count). The Balaban J connectivity index is 1.61. The Hall–Kier alpha value is -1.86. The third-order valence-electron chi connectivity index (χ3n) is 3.67. The number of pyridine rings is 1. The van der Waals surface area contributed by atoms with Gasteiger partial charge in [-0.2, -0.15) is 0 Å². The van der Waals surface area contributed by atoms with E-state index in [1.165, 1.54) is 11.1 Å². The summed E-state index contributed by atoms with van der Waals surface area (Å²) in [7, 11) is 0. The SMILES string of the molecule is Cc1ccc(NC(=O)c2ccc(SCc3cccnc3)cc2)cc1I. The molecule has 0 saturated heterocycles. The van der Waals surface area contributed by atoms with Gasteiger partial charge in [-0.15, -0.1) is 11.8 Å². The van der Waals surface area contributed by atoms with Gasteiger partial charge < -0.3 is 5.32 Å². The summed E-state index contributed by atoms with van der Waals surface area (Å²) in [6.45, 7) is 2.05. The standard InChI is InChI=1S/C20H17IN2OS/c1-14-4-7-17(11-19(14)21)23-20(24)16-5-8-18(9-6-16)25-13-15-3-2-10-22-12-15/h2-12H,13H2,1H3,(H,23,24). The van der Waals surface area contributed by atoms with E-state index in [0.29, 0.717) is 5.56 Å². The number of aromatic nitrogens is 1. The van der Waals surface area contributed by atoms with Gasteiger partial charge in [0.05, 0.1) is 0 Å². The molecule has 0 unspecified atom stereocenters. The predicted octanol–water partition coefficient (Wildman–Crippen LogP) is 5.54. The highest BCUT2D eigenvalue weighted by Crippen LogP contribution is 2.23. The van der Waals surface area contributed by atoms with Crippen molar-refractivity contribution in [1.29, 1.82) is 0 Å². The van der Waals surface area contributed by atoms with Crippen LogP contribution >= 0.6 is 34.4 Å². The average Bonchev–Trinajstić information content (AvgIpc) is 2.64. The van der Waals surface area contributed by atoms with Crippen LogP contribution in [0.15, 0.2) is 71.9 Å². The molecule has 0 radical (unpaired) electrons. The number of aryl methyl sites for hydroxylation is 1. The minimum atomic E-state index is -0.0940. The lowest BCUT2D eigenvalue weighted by molar-refractivity contribution is 0.102. The maximum atomic E-state index is 12.4. The van der Waals surface area contributed by atoms with Gasteiger partial charge in [0.2, 0.25) is 0 Å². The molecule has 126 valence electrons. The Kier molecular flexibility index (Phi) is 6.09. The van der Waals surface area contributed by atoms with Crippen molar-refractivity contribution in [2.45, 2.75) is 17.6 Å². The lowest BCUT2D eigenvalue weighted by Gasteiger charge is -2.08. The number of hydrogen-bond donors (Lipinski definition) is 1. The predicted molar refractivity (Wildman–Crippen MR) is 112 cm³/mol. The molecule has 5 heteroatoms. The molecule has 0 spiro atoms. The molecule has 0 aliphatic rings. The fourth-order valence-electron chi connectivity index (χ4n) is 2.23. The zero-order valence-electron chi connectivity index (χ0n) is 13.7. The van der Waals surface area contributed by atoms with Gasteiger partial charge in [-0.05, 0) is 83.1 Å². The fourth-order valence-corrected chi connectivity index (χ4v) is 3.57. The molecule has 25 heavy (non-hydrogen) atoms. The maximum absolute atomic E-state index is 12.4. The Labute approximate surface area is 165 Å². The van der Waals surface area contributed by atoms with Crippen molar-refractivity contribution in [3.63, 3.8) is 0 Å². The molecule has 0 aliphatic carbocycles. The molecule has 3 nitrogen and oxygen atoms in total. The second kappa shape index (κ2) is 8.49. The van der Waals surface area contributed by atoms with Crippen LogP contribution in [0.3, 0.4) is 0 Å². The average molecular weight is 460 g/mol. The number of benzene rings is 2. The van der Waals surface area contributed by atoms with E-state index in [4.69, 9.17) is 0 Å². The van der Waals surface area contributed by atoms with E-state index in [0.717, 1.165) is 19.9 Å². The third kappa shape index (κ3) is 5.06. The molecule has 1 aromatic heterocycles. The summed E-state index contributed by atoms with van der Waals surface area (Å²) < 4.78 is 1.14. The number of hydrogen-bond acceptors (Lipinski definition) is 3. The summed E-state index contributed by atoms with van der Waals surface area (Å²) in [5, 5.41) is 2.94. The van der Waals surface area contributed by atoms with E-state index >= 15 is 0 Å². The summed E-state index contributed by atoms with van der Waals surface area (Å²) in [5.74, 6) is 0.768. The van der Waals surface area contributed by atoms with Crippen molar-refractivity contribution in [2.75, 3.05) is 5.32 Å². The summed E-state index contributed by atoms with van der Waals surface area (Å²) in [5.41, 5.74) is 3.85. The Morgan fingerprint density at radius 2 is 1.96 bits per heavy atom. The van der Waals surface area contributed by atoms with Gasteiger partial charge in [-0.3, -0.25) is 9.78 Å². The van der Waals surface area contributed by atoms with Gasteiger partial charge in [0, 0.05) is 37.9 Å². The van der Waals surface area contributed by atoms with Crippen molar-refractivity contribution in [3.05, 3.63) is 87.3 Å². The number of nitrogens with one attached hydrogen (secondary N) is 1. The number of amides is 1. The second-order valence-electron chi connectivity index (χ2n) is 5.59. The largest absolute Gasteiger partial charge is 0.322 e. The molecule has 0 atom stereocenters. The summed E-state index contributed by atoms with van der Waals surface area (Å²) >= 11 is 4.00. The number of thioether (sulfide) groups is 1. The van der Waals surface area contributed by atoms with E-state index in [-0.39, 0.29) is 5.91 Å². The molecule has 0 aliphatic heterocycles. The number of halogens is 1. The van der Waals surface area contributed by atoms with Crippen LogP contribution in [0.25, 0.3) is 0 Å².